The molecule has 0 radical (unpaired) electrons. The largest absolute Gasteiger partial charge is 0.337 e. The Bertz CT molecular complexity index is 361. The van der Waals surface area contributed by atoms with E-state index in [4.69, 9.17) is 0 Å². The maximum atomic E-state index is 11.7. The normalized spacial score (nSPS) is 21.0. The number of carbonyl (C=O) groups excluding carboxylic acids is 1. The van der Waals surface area contributed by atoms with Crippen molar-refractivity contribution in [2.24, 2.45) is 5.92 Å². The van der Waals surface area contributed by atoms with E-state index in [1.807, 2.05) is 0 Å². The minimum absolute atomic E-state index is 0.0921. The molecule has 1 atom stereocenters. The second-order valence-corrected chi connectivity index (χ2v) is 4.90. The summed E-state index contributed by atoms with van der Waals surface area (Å²) in [6.45, 7) is 7.41. The van der Waals surface area contributed by atoms with Crippen molar-refractivity contribution in [1.29, 1.82) is 0 Å². The molecular weight excluding hydrogens is 216 g/mol. The monoisotopic (exact) mass is 236 g/mol. The Labute approximate surface area is 102 Å². The summed E-state index contributed by atoms with van der Waals surface area (Å²) in [5.74, 6) is 0.574. The van der Waals surface area contributed by atoms with Crippen LogP contribution in [0, 0.1) is 5.92 Å². The van der Waals surface area contributed by atoms with E-state index in [1.165, 1.54) is 17.3 Å². The number of aromatic nitrogens is 2. The van der Waals surface area contributed by atoms with E-state index < -0.39 is 0 Å². The Morgan fingerprint density at radius 2 is 2.41 bits per heavy atom. The third-order valence-corrected chi connectivity index (χ3v) is 3.33. The van der Waals surface area contributed by atoms with Crippen molar-refractivity contribution in [1.82, 2.24) is 19.8 Å². The van der Waals surface area contributed by atoms with Gasteiger partial charge in [0.25, 0.3) is 0 Å². The molecule has 94 valence electrons. The van der Waals surface area contributed by atoms with Gasteiger partial charge in [0.1, 0.15) is 6.33 Å². The summed E-state index contributed by atoms with van der Waals surface area (Å²) >= 11 is 0. The van der Waals surface area contributed by atoms with Gasteiger partial charge in [0.05, 0.1) is 0 Å². The summed E-state index contributed by atoms with van der Waals surface area (Å²) in [5.41, 5.74) is 0. The second kappa shape index (κ2) is 5.31. The molecule has 1 N–H and O–H groups in total. The Balaban J connectivity index is 1.75. The van der Waals surface area contributed by atoms with Gasteiger partial charge in [-0.1, -0.05) is 0 Å². The summed E-state index contributed by atoms with van der Waals surface area (Å²) in [6, 6.07) is 0.509. The number of nitrogens with zero attached hydrogens (tertiary/aromatic N) is 3. The highest BCUT2D eigenvalue weighted by molar-refractivity contribution is 5.76. The smallest absolute Gasteiger partial charge is 0.326 e. The van der Waals surface area contributed by atoms with Crippen LogP contribution in [0.25, 0.3) is 0 Å². The molecule has 0 saturated carbocycles. The zero-order valence-electron chi connectivity index (χ0n) is 10.5. The second-order valence-electron chi connectivity index (χ2n) is 4.90. The third-order valence-electron chi connectivity index (χ3n) is 3.33. The predicted molar refractivity (Wildman–Crippen MR) is 65.8 cm³/mol. The molecule has 0 spiro atoms. The van der Waals surface area contributed by atoms with Crippen molar-refractivity contribution in [3.8, 4) is 0 Å². The summed E-state index contributed by atoms with van der Waals surface area (Å²) in [6.07, 6.45) is 5.95. The van der Waals surface area contributed by atoms with E-state index >= 15 is 0 Å². The highest BCUT2D eigenvalue weighted by Gasteiger charge is 2.24. The number of hydrogen-bond donors (Lipinski definition) is 1. The topological polar surface area (TPSA) is 50.2 Å². The minimum atomic E-state index is -0.0921. The number of hydrogen-bond acceptors (Lipinski definition) is 3. The first-order chi connectivity index (χ1) is 8.16. The van der Waals surface area contributed by atoms with Crippen LogP contribution in [0.5, 0.6) is 0 Å². The average molecular weight is 236 g/mol. The Kier molecular flexibility index (Phi) is 3.78. The number of likely N-dealkylation sites (tertiary alicyclic amines) is 1. The van der Waals surface area contributed by atoms with Crippen LogP contribution < -0.4 is 5.32 Å². The summed E-state index contributed by atoms with van der Waals surface area (Å²) in [5, 5.41) is 2.94. The summed E-state index contributed by atoms with van der Waals surface area (Å²) in [7, 11) is 0. The molecule has 0 aliphatic carbocycles. The van der Waals surface area contributed by atoms with Gasteiger partial charge in [-0.05, 0) is 32.7 Å². The van der Waals surface area contributed by atoms with E-state index in [9.17, 15) is 4.79 Å². The number of carbonyl (C=O) groups is 1. The Morgan fingerprint density at radius 1 is 1.59 bits per heavy atom. The molecule has 5 heteroatoms. The quantitative estimate of drug-likeness (QED) is 0.857. The molecule has 1 aromatic heterocycles. The summed E-state index contributed by atoms with van der Waals surface area (Å²) in [4.78, 5) is 18.0. The van der Waals surface area contributed by atoms with Gasteiger partial charge in [-0.2, -0.15) is 0 Å². The standard InChI is InChI=1S/C12H20N4O/c1-10(2)15-5-3-11(8-15)7-14-12(17)16-6-4-13-9-16/h4,6,9-11H,3,5,7-8H2,1-2H3,(H,14,17). The van der Waals surface area contributed by atoms with Crippen LogP contribution in [0.2, 0.25) is 0 Å². The number of rotatable bonds is 3. The van der Waals surface area contributed by atoms with Crippen LogP contribution in [0.4, 0.5) is 4.79 Å². The van der Waals surface area contributed by atoms with Crippen LogP contribution in [-0.2, 0) is 0 Å². The molecule has 5 nitrogen and oxygen atoms in total. The molecule has 1 amide bonds. The van der Waals surface area contributed by atoms with Gasteiger partial charge in [0.15, 0.2) is 0 Å². The minimum Gasteiger partial charge on any atom is -0.337 e. The molecule has 1 aliphatic rings. The Hall–Kier alpha value is -1.36. The van der Waals surface area contributed by atoms with Crippen LogP contribution in [0.3, 0.4) is 0 Å². The van der Waals surface area contributed by atoms with Crippen LogP contribution in [0.1, 0.15) is 20.3 Å². The molecule has 1 aliphatic heterocycles. The maximum absolute atomic E-state index is 11.7. The van der Waals surface area contributed by atoms with Crippen molar-refractivity contribution in [2.45, 2.75) is 26.3 Å². The summed E-state index contributed by atoms with van der Waals surface area (Å²) < 4.78 is 1.47. The highest BCUT2D eigenvalue weighted by atomic mass is 16.2. The first-order valence-corrected chi connectivity index (χ1v) is 6.17. The molecule has 0 bridgehead atoms. The molecule has 1 unspecified atom stereocenters. The third kappa shape index (κ3) is 3.06. The van der Waals surface area contributed by atoms with E-state index in [0.29, 0.717) is 12.0 Å². The van der Waals surface area contributed by atoms with Crippen molar-refractivity contribution in [3.63, 3.8) is 0 Å². The molecule has 17 heavy (non-hydrogen) atoms. The molecule has 2 rings (SSSR count). The van der Waals surface area contributed by atoms with Gasteiger partial charge in [-0.15, -0.1) is 0 Å². The van der Waals surface area contributed by atoms with Gasteiger partial charge in [-0.25, -0.2) is 9.78 Å². The van der Waals surface area contributed by atoms with Gasteiger partial charge in [0, 0.05) is 31.5 Å². The van der Waals surface area contributed by atoms with Crippen molar-refractivity contribution in [3.05, 3.63) is 18.7 Å². The molecular formula is C12H20N4O. The van der Waals surface area contributed by atoms with Crippen LogP contribution in [-0.4, -0.2) is 46.2 Å². The fourth-order valence-electron chi connectivity index (χ4n) is 2.20. The lowest BCUT2D eigenvalue weighted by atomic mass is 10.1. The van der Waals surface area contributed by atoms with Crippen molar-refractivity contribution >= 4 is 6.03 Å². The lowest BCUT2D eigenvalue weighted by Gasteiger charge is -2.20. The lowest BCUT2D eigenvalue weighted by molar-refractivity contribution is 0.238. The van der Waals surface area contributed by atoms with Crippen molar-refractivity contribution in [2.75, 3.05) is 19.6 Å². The van der Waals surface area contributed by atoms with Gasteiger partial charge >= 0.3 is 6.03 Å². The molecule has 1 fully saturated rings. The first-order valence-electron chi connectivity index (χ1n) is 6.17. The van der Waals surface area contributed by atoms with E-state index in [-0.39, 0.29) is 6.03 Å². The van der Waals surface area contributed by atoms with Crippen LogP contribution >= 0.6 is 0 Å². The van der Waals surface area contributed by atoms with E-state index in [0.717, 1.165) is 19.6 Å². The molecule has 1 saturated heterocycles. The fourth-order valence-corrected chi connectivity index (χ4v) is 2.20. The number of nitrogens with one attached hydrogen (secondary N) is 1. The lowest BCUT2D eigenvalue weighted by Crippen LogP contribution is -2.34. The highest BCUT2D eigenvalue weighted by Crippen LogP contribution is 2.17. The fraction of sp³-hybridized carbons (Fsp3) is 0.667. The number of amides is 1. The number of imidazole rings is 1. The molecule has 1 aromatic rings. The van der Waals surface area contributed by atoms with Gasteiger partial charge < -0.3 is 10.2 Å². The zero-order valence-corrected chi connectivity index (χ0v) is 10.5. The zero-order chi connectivity index (χ0) is 12.3. The molecule has 0 aromatic carbocycles. The van der Waals surface area contributed by atoms with Crippen LogP contribution in [0.15, 0.2) is 18.7 Å². The maximum Gasteiger partial charge on any atom is 0.326 e. The first kappa shape index (κ1) is 12.1. The average Bonchev–Trinajstić information content (AvgIpc) is 2.97. The van der Waals surface area contributed by atoms with Crippen molar-refractivity contribution < 1.29 is 4.79 Å². The van der Waals surface area contributed by atoms with Gasteiger partial charge in [0.2, 0.25) is 0 Å². The predicted octanol–water partition coefficient (Wildman–Crippen LogP) is 1.17. The Morgan fingerprint density at radius 3 is 3.00 bits per heavy atom. The van der Waals surface area contributed by atoms with E-state index in [2.05, 4.69) is 29.0 Å². The van der Waals surface area contributed by atoms with Gasteiger partial charge in [-0.3, -0.25) is 4.57 Å². The SMILES string of the molecule is CC(C)N1CCC(CNC(=O)n2ccnc2)C1. The van der Waals surface area contributed by atoms with E-state index in [1.54, 1.807) is 12.4 Å². The molecule has 2 heterocycles.